The second kappa shape index (κ2) is 6.56. The topological polar surface area (TPSA) is 64.4 Å². The molecule has 5 nitrogen and oxygen atoms in total. The highest BCUT2D eigenvalue weighted by atomic mass is 35.5. The van der Waals surface area contributed by atoms with Crippen LogP contribution in [-0.2, 0) is 6.54 Å². The van der Waals surface area contributed by atoms with E-state index in [1.807, 2.05) is 13.1 Å². The van der Waals surface area contributed by atoms with Crippen LogP contribution in [0.3, 0.4) is 0 Å². The van der Waals surface area contributed by atoms with Crippen molar-refractivity contribution >= 4 is 17.3 Å². The summed E-state index contributed by atoms with van der Waals surface area (Å²) in [5, 5.41) is 14.6. The summed E-state index contributed by atoms with van der Waals surface area (Å²) in [6.07, 6.45) is 0. The van der Waals surface area contributed by atoms with Crippen molar-refractivity contribution < 1.29 is 9.66 Å². The third kappa shape index (κ3) is 3.51. The van der Waals surface area contributed by atoms with Gasteiger partial charge in [0.15, 0.2) is 0 Å². The molecular formula is C15H15ClN2O3. The summed E-state index contributed by atoms with van der Waals surface area (Å²) in [4.78, 5) is 10.6. The lowest BCUT2D eigenvalue weighted by molar-refractivity contribution is -0.385. The fraction of sp³-hybridized carbons (Fsp3) is 0.200. The molecule has 0 saturated heterocycles. The quantitative estimate of drug-likeness (QED) is 0.668. The molecule has 0 heterocycles. The Labute approximate surface area is 127 Å². The van der Waals surface area contributed by atoms with Gasteiger partial charge < -0.3 is 10.1 Å². The average Bonchev–Trinajstić information content (AvgIpc) is 2.44. The molecule has 21 heavy (non-hydrogen) atoms. The van der Waals surface area contributed by atoms with Crippen LogP contribution in [0.5, 0.6) is 11.5 Å². The van der Waals surface area contributed by atoms with Gasteiger partial charge in [-0.2, -0.15) is 0 Å². The van der Waals surface area contributed by atoms with E-state index in [1.54, 1.807) is 31.2 Å². The first-order valence-corrected chi connectivity index (χ1v) is 6.75. The molecular weight excluding hydrogens is 292 g/mol. The van der Waals surface area contributed by atoms with E-state index >= 15 is 0 Å². The van der Waals surface area contributed by atoms with Crippen LogP contribution in [0.4, 0.5) is 5.69 Å². The maximum atomic E-state index is 11.1. The summed E-state index contributed by atoms with van der Waals surface area (Å²) in [5.41, 5.74) is 1.57. The number of rotatable bonds is 5. The maximum absolute atomic E-state index is 11.1. The van der Waals surface area contributed by atoms with Crippen LogP contribution >= 0.6 is 11.6 Å². The van der Waals surface area contributed by atoms with Gasteiger partial charge in [0.25, 0.3) is 0 Å². The molecule has 0 amide bonds. The number of hydrogen-bond donors (Lipinski definition) is 1. The molecule has 0 aliphatic carbocycles. The van der Waals surface area contributed by atoms with E-state index in [2.05, 4.69) is 5.32 Å². The van der Waals surface area contributed by atoms with Crippen LogP contribution in [0.15, 0.2) is 36.4 Å². The molecule has 1 N–H and O–H groups in total. The molecule has 0 saturated carbocycles. The van der Waals surface area contributed by atoms with E-state index in [0.29, 0.717) is 22.9 Å². The van der Waals surface area contributed by atoms with Crippen molar-refractivity contribution in [3.8, 4) is 11.5 Å². The normalized spacial score (nSPS) is 10.4. The molecule has 0 bridgehead atoms. The molecule has 0 fully saturated rings. The average molecular weight is 307 g/mol. The molecule has 110 valence electrons. The number of ether oxygens (including phenoxy) is 1. The predicted molar refractivity (Wildman–Crippen MR) is 82.1 cm³/mol. The fourth-order valence-electron chi connectivity index (χ4n) is 1.96. The molecule has 0 spiro atoms. The van der Waals surface area contributed by atoms with Crippen LogP contribution < -0.4 is 10.1 Å². The minimum atomic E-state index is -0.459. The van der Waals surface area contributed by atoms with Crippen LogP contribution in [-0.4, -0.2) is 12.0 Å². The first kappa shape index (κ1) is 15.3. The Bertz CT molecular complexity index is 674. The summed E-state index contributed by atoms with van der Waals surface area (Å²) < 4.78 is 5.67. The van der Waals surface area contributed by atoms with E-state index in [4.69, 9.17) is 16.3 Å². The standard InChI is InChI=1S/C15H15ClN2O3/c1-10-4-3-5-14(18(19)20)15(10)21-12-7-6-11(9-17-2)13(16)8-12/h3-8,17H,9H2,1-2H3. The number of benzene rings is 2. The van der Waals surface area contributed by atoms with Gasteiger partial charge in [-0.25, -0.2) is 0 Å². The zero-order chi connectivity index (χ0) is 15.4. The minimum Gasteiger partial charge on any atom is -0.450 e. The number of nitrogens with one attached hydrogen (secondary N) is 1. The Morgan fingerprint density at radius 2 is 2.10 bits per heavy atom. The molecule has 0 unspecified atom stereocenters. The summed E-state index contributed by atoms with van der Waals surface area (Å²) >= 11 is 6.16. The molecule has 2 aromatic carbocycles. The summed E-state index contributed by atoms with van der Waals surface area (Å²) in [6, 6.07) is 10.0. The largest absolute Gasteiger partial charge is 0.450 e. The molecule has 6 heteroatoms. The molecule has 2 rings (SSSR count). The van der Waals surface area contributed by atoms with Gasteiger partial charge >= 0.3 is 5.69 Å². The Morgan fingerprint density at radius 1 is 1.33 bits per heavy atom. The summed E-state index contributed by atoms with van der Waals surface area (Å²) in [6.45, 7) is 2.41. The second-order valence-electron chi connectivity index (χ2n) is 4.57. The van der Waals surface area contributed by atoms with E-state index in [-0.39, 0.29) is 11.4 Å². The third-order valence-corrected chi connectivity index (χ3v) is 3.35. The van der Waals surface area contributed by atoms with Crippen molar-refractivity contribution in [2.75, 3.05) is 7.05 Å². The van der Waals surface area contributed by atoms with Gasteiger partial charge in [0.2, 0.25) is 5.75 Å². The molecule has 2 aromatic rings. The summed E-state index contributed by atoms with van der Waals surface area (Å²) in [5.74, 6) is 0.706. The smallest absolute Gasteiger partial charge is 0.311 e. The number of nitrogens with zero attached hydrogens (tertiary/aromatic N) is 1. The van der Waals surface area contributed by atoms with E-state index in [0.717, 1.165) is 5.56 Å². The molecule has 0 radical (unpaired) electrons. The van der Waals surface area contributed by atoms with Crippen molar-refractivity contribution in [1.82, 2.24) is 5.32 Å². The van der Waals surface area contributed by atoms with Gasteiger partial charge in [-0.05, 0) is 37.2 Å². The van der Waals surface area contributed by atoms with E-state index in [9.17, 15) is 10.1 Å². The molecule has 0 aromatic heterocycles. The first-order valence-electron chi connectivity index (χ1n) is 6.38. The number of para-hydroxylation sites is 1. The van der Waals surface area contributed by atoms with Crippen molar-refractivity contribution in [1.29, 1.82) is 0 Å². The van der Waals surface area contributed by atoms with Gasteiger partial charge in [-0.15, -0.1) is 0 Å². The fourth-order valence-corrected chi connectivity index (χ4v) is 2.19. The highest BCUT2D eigenvalue weighted by molar-refractivity contribution is 6.31. The SMILES string of the molecule is CNCc1ccc(Oc2c(C)cccc2[N+](=O)[O-])cc1Cl. The number of nitro benzene ring substituents is 1. The Morgan fingerprint density at radius 3 is 2.71 bits per heavy atom. The zero-order valence-corrected chi connectivity index (χ0v) is 12.5. The minimum absolute atomic E-state index is 0.0644. The Hall–Kier alpha value is -2.11. The van der Waals surface area contributed by atoms with Gasteiger partial charge in [-0.3, -0.25) is 10.1 Å². The lowest BCUT2D eigenvalue weighted by Crippen LogP contribution is -2.05. The van der Waals surface area contributed by atoms with Crippen molar-refractivity contribution in [3.05, 3.63) is 62.7 Å². The molecule has 0 atom stereocenters. The van der Waals surface area contributed by atoms with E-state index < -0.39 is 4.92 Å². The van der Waals surface area contributed by atoms with Crippen LogP contribution in [0.25, 0.3) is 0 Å². The lowest BCUT2D eigenvalue weighted by atomic mass is 10.2. The van der Waals surface area contributed by atoms with Gasteiger partial charge in [0.05, 0.1) is 4.92 Å². The van der Waals surface area contributed by atoms with Crippen LogP contribution in [0, 0.1) is 17.0 Å². The monoisotopic (exact) mass is 306 g/mol. The molecule has 0 aliphatic rings. The Kier molecular flexibility index (Phi) is 4.77. The maximum Gasteiger partial charge on any atom is 0.311 e. The van der Waals surface area contributed by atoms with Gasteiger partial charge in [0.1, 0.15) is 5.75 Å². The lowest BCUT2D eigenvalue weighted by Gasteiger charge is -2.11. The van der Waals surface area contributed by atoms with E-state index in [1.165, 1.54) is 6.07 Å². The van der Waals surface area contributed by atoms with Crippen molar-refractivity contribution in [3.63, 3.8) is 0 Å². The van der Waals surface area contributed by atoms with Crippen molar-refractivity contribution in [2.24, 2.45) is 0 Å². The number of halogens is 1. The number of hydrogen-bond acceptors (Lipinski definition) is 4. The van der Waals surface area contributed by atoms with Crippen molar-refractivity contribution in [2.45, 2.75) is 13.5 Å². The Balaban J connectivity index is 2.34. The molecule has 0 aliphatic heterocycles. The van der Waals surface area contributed by atoms with Gasteiger partial charge in [-0.1, -0.05) is 29.8 Å². The highest BCUT2D eigenvalue weighted by Crippen LogP contribution is 2.35. The highest BCUT2D eigenvalue weighted by Gasteiger charge is 2.18. The third-order valence-electron chi connectivity index (χ3n) is 3.00. The zero-order valence-electron chi connectivity index (χ0n) is 11.7. The number of aryl methyl sites for hydroxylation is 1. The summed E-state index contributed by atoms with van der Waals surface area (Å²) in [7, 11) is 1.83. The number of nitro groups is 1. The van der Waals surface area contributed by atoms with Crippen LogP contribution in [0.2, 0.25) is 5.02 Å². The van der Waals surface area contributed by atoms with Crippen LogP contribution in [0.1, 0.15) is 11.1 Å². The first-order chi connectivity index (χ1) is 10.0. The predicted octanol–water partition coefficient (Wildman–Crippen LogP) is 4.07. The van der Waals surface area contributed by atoms with Gasteiger partial charge in [0, 0.05) is 17.6 Å². The second-order valence-corrected chi connectivity index (χ2v) is 4.97.